The summed E-state index contributed by atoms with van der Waals surface area (Å²) in [7, 11) is 0. The van der Waals surface area contributed by atoms with Crippen LogP contribution in [0.15, 0.2) is 17.5 Å². The first-order valence-corrected chi connectivity index (χ1v) is 4.91. The van der Waals surface area contributed by atoms with Crippen molar-refractivity contribution in [2.75, 3.05) is 6.54 Å². The Bertz CT molecular complexity index is 274. The van der Waals surface area contributed by atoms with Gasteiger partial charge in [0.2, 0.25) is 0 Å². The van der Waals surface area contributed by atoms with Gasteiger partial charge >= 0.3 is 0 Å². The highest BCUT2D eigenvalue weighted by Crippen LogP contribution is 2.08. The summed E-state index contributed by atoms with van der Waals surface area (Å²) in [6, 6.07) is 3.58. The van der Waals surface area contributed by atoms with E-state index < -0.39 is 5.60 Å². The van der Waals surface area contributed by atoms with Gasteiger partial charge in [0.05, 0.1) is 10.5 Å². The van der Waals surface area contributed by atoms with E-state index in [1.54, 1.807) is 19.9 Å². The molecule has 0 spiro atoms. The third kappa shape index (κ3) is 3.57. The molecule has 0 aliphatic rings. The molecule has 1 rings (SSSR count). The van der Waals surface area contributed by atoms with Gasteiger partial charge in [0.25, 0.3) is 5.91 Å². The quantitative estimate of drug-likeness (QED) is 0.769. The largest absolute Gasteiger partial charge is 0.389 e. The highest BCUT2D eigenvalue weighted by atomic mass is 32.1. The van der Waals surface area contributed by atoms with Gasteiger partial charge in [-0.05, 0) is 25.3 Å². The number of amides is 1. The molecule has 72 valence electrons. The summed E-state index contributed by atoms with van der Waals surface area (Å²) in [4.78, 5) is 12.0. The monoisotopic (exact) mass is 199 g/mol. The predicted octanol–water partition coefficient (Wildman–Crippen LogP) is 1.25. The summed E-state index contributed by atoms with van der Waals surface area (Å²) in [6.07, 6.45) is 0. The first-order chi connectivity index (χ1) is 5.99. The van der Waals surface area contributed by atoms with Gasteiger partial charge < -0.3 is 10.4 Å². The Labute approximate surface area is 81.4 Å². The van der Waals surface area contributed by atoms with Gasteiger partial charge in [-0.1, -0.05) is 6.07 Å². The molecule has 0 aromatic carbocycles. The smallest absolute Gasteiger partial charge is 0.261 e. The maximum Gasteiger partial charge on any atom is 0.261 e. The van der Waals surface area contributed by atoms with E-state index >= 15 is 0 Å². The standard InChI is InChI=1S/C9H13NO2S/c1-9(2,12)6-10-8(11)7-4-3-5-13-7/h3-5,12H,6H2,1-2H3,(H,10,11). The second-order valence-corrected chi connectivity index (χ2v) is 4.42. The Morgan fingerprint density at radius 3 is 2.85 bits per heavy atom. The topological polar surface area (TPSA) is 49.3 Å². The van der Waals surface area contributed by atoms with E-state index in [0.717, 1.165) is 0 Å². The summed E-state index contributed by atoms with van der Waals surface area (Å²) in [5, 5.41) is 13.8. The van der Waals surface area contributed by atoms with Crippen molar-refractivity contribution in [3.8, 4) is 0 Å². The molecule has 0 fully saturated rings. The van der Waals surface area contributed by atoms with Gasteiger partial charge in [0.1, 0.15) is 0 Å². The van der Waals surface area contributed by atoms with E-state index in [0.29, 0.717) is 4.88 Å². The number of carbonyl (C=O) groups is 1. The fourth-order valence-electron chi connectivity index (χ4n) is 0.791. The van der Waals surface area contributed by atoms with Crippen LogP contribution < -0.4 is 5.32 Å². The van der Waals surface area contributed by atoms with Crippen LogP contribution in [0.5, 0.6) is 0 Å². The molecular formula is C9H13NO2S. The normalized spacial score (nSPS) is 11.3. The summed E-state index contributed by atoms with van der Waals surface area (Å²) in [5.41, 5.74) is -0.854. The number of carbonyl (C=O) groups excluding carboxylic acids is 1. The molecule has 1 heterocycles. The average Bonchev–Trinajstić information content (AvgIpc) is 2.50. The van der Waals surface area contributed by atoms with Crippen LogP contribution in [-0.4, -0.2) is 23.2 Å². The molecule has 3 nitrogen and oxygen atoms in total. The molecule has 0 atom stereocenters. The zero-order chi connectivity index (χ0) is 9.90. The van der Waals surface area contributed by atoms with Crippen LogP contribution in [0.4, 0.5) is 0 Å². The Balaban J connectivity index is 2.44. The fraction of sp³-hybridized carbons (Fsp3) is 0.444. The lowest BCUT2D eigenvalue weighted by Gasteiger charge is -2.16. The molecule has 0 saturated carbocycles. The zero-order valence-corrected chi connectivity index (χ0v) is 8.52. The number of thiophene rings is 1. The molecule has 1 amide bonds. The molecule has 0 aliphatic carbocycles. The molecule has 0 saturated heterocycles. The van der Waals surface area contributed by atoms with Crippen LogP contribution >= 0.6 is 11.3 Å². The van der Waals surface area contributed by atoms with Crippen molar-refractivity contribution in [3.63, 3.8) is 0 Å². The molecule has 2 N–H and O–H groups in total. The van der Waals surface area contributed by atoms with Gasteiger partial charge in [-0.3, -0.25) is 4.79 Å². The Morgan fingerprint density at radius 2 is 2.38 bits per heavy atom. The number of hydrogen-bond donors (Lipinski definition) is 2. The van der Waals surface area contributed by atoms with E-state index in [1.165, 1.54) is 11.3 Å². The van der Waals surface area contributed by atoms with Crippen LogP contribution in [0, 0.1) is 0 Å². The van der Waals surface area contributed by atoms with E-state index in [-0.39, 0.29) is 12.5 Å². The van der Waals surface area contributed by atoms with Crippen molar-refractivity contribution >= 4 is 17.2 Å². The van der Waals surface area contributed by atoms with Crippen molar-refractivity contribution in [3.05, 3.63) is 22.4 Å². The molecule has 0 aliphatic heterocycles. The summed E-state index contributed by atoms with van der Waals surface area (Å²) in [6.45, 7) is 3.58. The van der Waals surface area contributed by atoms with Gasteiger partial charge in [-0.25, -0.2) is 0 Å². The van der Waals surface area contributed by atoms with Crippen molar-refractivity contribution in [1.29, 1.82) is 0 Å². The van der Waals surface area contributed by atoms with E-state index in [4.69, 9.17) is 0 Å². The van der Waals surface area contributed by atoms with E-state index in [9.17, 15) is 9.90 Å². The molecular weight excluding hydrogens is 186 g/mol. The van der Waals surface area contributed by atoms with Gasteiger partial charge in [0, 0.05) is 6.54 Å². The molecule has 0 unspecified atom stereocenters. The average molecular weight is 199 g/mol. The lowest BCUT2D eigenvalue weighted by molar-refractivity contribution is 0.0696. The molecule has 0 bridgehead atoms. The number of hydrogen-bond acceptors (Lipinski definition) is 3. The lowest BCUT2D eigenvalue weighted by Crippen LogP contribution is -2.37. The first kappa shape index (κ1) is 10.2. The first-order valence-electron chi connectivity index (χ1n) is 4.03. The van der Waals surface area contributed by atoms with Crippen molar-refractivity contribution in [2.45, 2.75) is 19.4 Å². The summed E-state index contributed by atoms with van der Waals surface area (Å²) >= 11 is 1.39. The lowest BCUT2D eigenvalue weighted by atomic mass is 10.1. The van der Waals surface area contributed by atoms with Crippen molar-refractivity contribution in [1.82, 2.24) is 5.32 Å². The Morgan fingerprint density at radius 1 is 1.69 bits per heavy atom. The number of aliphatic hydroxyl groups is 1. The molecule has 0 radical (unpaired) electrons. The second-order valence-electron chi connectivity index (χ2n) is 3.47. The Kier molecular flexibility index (Phi) is 3.06. The van der Waals surface area contributed by atoms with Crippen LogP contribution in [0.2, 0.25) is 0 Å². The predicted molar refractivity (Wildman–Crippen MR) is 53.0 cm³/mol. The van der Waals surface area contributed by atoms with Gasteiger partial charge in [0.15, 0.2) is 0 Å². The molecule has 13 heavy (non-hydrogen) atoms. The van der Waals surface area contributed by atoms with Crippen LogP contribution in [0.3, 0.4) is 0 Å². The van der Waals surface area contributed by atoms with Crippen LogP contribution in [0.1, 0.15) is 23.5 Å². The molecule has 1 aromatic heterocycles. The van der Waals surface area contributed by atoms with Crippen LogP contribution in [-0.2, 0) is 0 Å². The third-order valence-corrected chi connectivity index (χ3v) is 2.30. The summed E-state index contributed by atoms with van der Waals surface area (Å²) in [5.74, 6) is -0.128. The minimum Gasteiger partial charge on any atom is -0.389 e. The number of nitrogens with one attached hydrogen (secondary N) is 1. The van der Waals surface area contributed by atoms with Crippen molar-refractivity contribution in [2.24, 2.45) is 0 Å². The van der Waals surface area contributed by atoms with Crippen molar-refractivity contribution < 1.29 is 9.90 Å². The highest BCUT2D eigenvalue weighted by molar-refractivity contribution is 7.12. The SMILES string of the molecule is CC(C)(O)CNC(=O)c1cccs1. The summed E-state index contributed by atoms with van der Waals surface area (Å²) < 4.78 is 0. The van der Waals surface area contributed by atoms with E-state index in [1.807, 2.05) is 11.4 Å². The highest BCUT2D eigenvalue weighted by Gasteiger charge is 2.14. The van der Waals surface area contributed by atoms with Gasteiger partial charge in [-0.2, -0.15) is 0 Å². The maximum atomic E-state index is 11.3. The van der Waals surface area contributed by atoms with E-state index in [2.05, 4.69) is 5.32 Å². The maximum absolute atomic E-state index is 11.3. The zero-order valence-electron chi connectivity index (χ0n) is 7.70. The van der Waals surface area contributed by atoms with Crippen LogP contribution in [0.25, 0.3) is 0 Å². The fourth-order valence-corrected chi connectivity index (χ4v) is 1.43. The number of rotatable bonds is 3. The van der Waals surface area contributed by atoms with Gasteiger partial charge in [-0.15, -0.1) is 11.3 Å². The third-order valence-electron chi connectivity index (χ3n) is 1.43. The second kappa shape index (κ2) is 3.89. The minimum absolute atomic E-state index is 0.128. The minimum atomic E-state index is -0.854. The molecule has 1 aromatic rings. The Hall–Kier alpha value is -0.870. The molecule has 4 heteroatoms.